The Balaban J connectivity index is 1.20. The number of aromatic nitrogens is 3. The van der Waals surface area contributed by atoms with E-state index < -0.39 is 0 Å². The molecule has 11 rings (SSSR count). The zero-order valence-electron chi connectivity index (χ0n) is 30.6. The quantitative estimate of drug-likeness (QED) is 0.162. The molecule has 3 heterocycles. The predicted octanol–water partition coefficient (Wildman–Crippen LogP) is 14.3. The first-order valence-electron chi connectivity index (χ1n) is 18.9. The average Bonchev–Trinajstić information content (AvgIpc) is 3.86. The predicted molar refractivity (Wildman–Crippen MR) is 236 cm³/mol. The fourth-order valence-corrected chi connectivity index (χ4v) is 9.01. The van der Waals surface area contributed by atoms with E-state index in [-0.39, 0.29) is 0 Å². The van der Waals surface area contributed by atoms with Crippen molar-refractivity contribution in [3.63, 3.8) is 0 Å². The van der Waals surface area contributed by atoms with E-state index in [2.05, 4.69) is 144 Å². The highest BCUT2D eigenvalue weighted by Crippen LogP contribution is 2.47. The van der Waals surface area contributed by atoms with Crippen LogP contribution >= 0.6 is 11.3 Å². The molecule has 5 nitrogen and oxygen atoms in total. The monoisotopic (exact) mass is 748 g/mol. The molecule has 0 spiro atoms. The summed E-state index contributed by atoms with van der Waals surface area (Å²) in [6, 6.07) is 67.4. The van der Waals surface area contributed by atoms with Crippen molar-refractivity contribution in [2.24, 2.45) is 0 Å². The van der Waals surface area contributed by atoms with Crippen LogP contribution < -0.4 is 4.90 Å². The van der Waals surface area contributed by atoms with Gasteiger partial charge in [-0.2, -0.15) is 0 Å². The third kappa shape index (κ3) is 5.82. The second kappa shape index (κ2) is 13.7. The van der Waals surface area contributed by atoms with Crippen LogP contribution in [0, 0.1) is 0 Å². The molecule has 0 aliphatic heterocycles. The maximum atomic E-state index is 6.71. The van der Waals surface area contributed by atoms with Gasteiger partial charge in [-0.1, -0.05) is 152 Å². The van der Waals surface area contributed by atoms with Gasteiger partial charge in [-0.15, -0.1) is 11.3 Å². The molecule has 3 aromatic heterocycles. The maximum Gasteiger partial charge on any atom is 0.164 e. The number of furan rings is 1. The van der Waals surface area contributed by atoms with Gasteiger partial charge >= 0.3 is 0 Å². The molecule has 0 aliphatic carbocycles. The zero-order valence-corrected chi connectivity index (χ0v) is 31.4. The Morgan fingerprint density at radius 2 is 0.965 bits per heavy atom. The summed E-state index contributed by atoms with van der Waals surface area (Å²) in [5, 5.41) is 4.43. The minimum atomic E-state index is 0.611. The van der Waals surface area contributed by atoms with E-state index in [1.165, 1.54) is 15.6 Å². The van der Waals surface area contributed by atoms with Gasteiger partial charge in [0.15, 0.2) is 23.1 Å². The molecule has 0 saturated heterocycles. The lowest BCUT2D eigenvalue weighted by Crippen LogP contribution is -2.10. The summed E-state index contributed by atoms with van der Waals surface area (Å²) in [6.07, 6.45) is 0. The zero-order chi connectivity index (χ0) is 37.7. The van der Waals surface area contributed by atoms with Crippen molar-refractivity contribution in [1.82, 2.24) is 15.0 Å². The Hall–Kier alpha value is -7.41. The molecule has 0 unspecified atom stereocenters. The van der Waals surface area contributed by atoms with Crippen LogP contribution in [0.1, 0.15) is 0 Å². The lowest BCUT2D eigenvalue weighted by atomic mass is 10.0. The van der Waals surface area contributed by atoms with Crippen LogP contribution in [-0.2, 0) is 0 Å². The third-order valence-corrected chi connectivity index (χ3v) is 11.6. The highest BCUT2D eigenvalue weighted by molar-refractivity contribution is 7.26. The Labute approximate surface area is 332 Å². The van der Waals surface area contributed by atoms with Crippen LogP contribution in [0.4, 0.5) is 17.1 Å². The number of para-hydroxylation sites is 2. The topological polar surface area (TPSA) is 55.1 Å². The van der Waals surface area contributed by atoms with Crippen molar-refractivity contribution in [3.05, 3.63) is 194 Å². The minimum absolute atomic E-state index is 0.611. The molecular formula is C51H32N4OS. The van der Waals surface area contributed by atoms with E-state index in [1.807, 2.05) is 54.6 Å². The number of fused-ring (bicyclic) bond motifs is 6. The molecule has 0 saturated carbocycles. The molecule has 0 radical (unpaired) electrons. The second-order valence-electron chi connectivity index (χ2n) is 14.0. The molecule has 0 atom stereocenters. The van der Waals surface area contributed by atoms with Crippen molar-refractivity contribution >= 4 is 70.5 Å². The number of benzene rings is 8. The van der Waals surface area contributed by atoms with E-state index in [1.54, 1.807) is 11.3 Å². The van der Waals surface area contributed by atoms with Gasteiger partial charge in [-0.3, -0.25) is 0 Å². The van der Waals surface area contributed by atoms with Gasteiger partial charge in [-0.05, 0) is 53.6 Å². The van der Waals surface area contributed by atoms with E-state index in [9.17, 15) is 0 Å². The van der Waals surface area contributed by atoms with Gasteiger partial charge in [0.25, 0.3) is 0 Å². The van der Waals surface area contributed by atoms with Crippen molar-refractivity contribution in [2.75, 3.05) is 4.90 Å². The highest BCUT2D eigenvalue weighted by atomic mass is 32.1. The number of hydrogen-bond donors (Lipinski definition) is 0. The number of thiophene rings is 1. The molecule has 0 fully saturated rings. The first-order valence-corrected chi connectivity index (χ1v) is 19.8. The van der Waals surface area contributed by atoms with E-state index in [0.29, 0.717) is 17.5 Å². The standard InChI is InChI=1S/C51H32N4OS/c1-4-15-33(16-5-1)34-27-29-37(30-28-34)55(43-24-14-23-40-39-21-10-12-25-44(39)56-48(40)43)38-31-42(47-41-22-11-13-26-45(41)57-46(47)32-38)51-53-49(35-17-6-2-7-18-35)52-50(54-51)36-19-8-3-9-20-36/h1-32H. The molecule has 0 amide bonds. The van der Waals surface area contributed by atoms with Crippen molar-refractivity contribution in [2.45, 2.75) is 0 Å². The van der Waals surface area contributed by atoms with Crippen LogP contribution in [-0.4, -0.2) is 15.0 Å². The molecule has 0 N–H and O–H groups in total. The molecule has 0 bridgehead atoms. The summed E-state index contributed by atoms with van der Waals surface area (Å²) in [7, 11) is 0. The summed E-state index contributed by atoms with van der Waals surface area (Å²) < 4.78 is 9.04. The average molecular weight is 749 g/mol. The fourth-order valence-electron chi connectivity index (χ4n) is 7.84. The Morgan fingerprint density at radius 3 is 1.67 bits per heavy atom. The second-order valence-corrected chi connectivity index (χ2v) is 15.1. The number of hydrogen-bond acceptors (Lipinski definition) is 6. The number of nitrogens with zero attached hydrogens (tertiary/aromatic N) is 4. The molecule has 57 heavy (non-hydrogen) atoms. The molecule has 11 aromatic rings. The molecule has 6 heteroatoms. The normalized spacial score (nSPS) is 11.5. The van der Waals surface area contributed by atoms with Gasteiger partial charge in [0, 0.05) is 59.0 Å². The van der Waals surface area contributed by atoms with Gasteiger partial charge < -0.3 is 9.32 Å². The number of anilines is 3. The van der Waals surface area contributed by atoms with Crippen LogP contribution in [0.15, 0.2) is 199 Å². The molecule has 0 aliphatic rings. The van der Waals surface area contributed by atoms with Crippen molar-refractivity contribution < 1.29 is 4.42 Å². The fraction of sp³-hybridized carbons (Fsp3) is 0. The van der Waals surface area contributed by atoms with E-state index in [4.69, 9.17) is 19.4 Å². The molecule has 268 valence electrons. The number of rotatable bonds is 7. The van der Waals surface area contributed by atoms with E-state index in [0.717, 1.165) is 71.3 Å². The van der Waals surface area contributed by atoms with Crippen molar-refractivity contribution in [1.29, 1.82) is 0 Å². The molecular weight excluding hydrogens is 717 g/mol. The summed E-state index contributed by atoms with van der Waals surface area (Å²) in [4.78, 5) is 17.8. The lowest BCUT2D eigenvalue weighted by Gasteiger charge is -2.26. The smallest absolute Gasteiger partial charge is 0.164 e. The van der Waals surface area contributed by atoms with Gasteiger partial charge in [-0.25, -0.2) is 15.0 Å². The largest absolute Gasteiger partial charge is 0.454 e. The van der Waals surface area contributed by atoms with Crippen LogP contribution in [0.2, 0.25) is 0 Å². The Kier molecular flexibility index (Phi) is 7.93. The SMILES string of the molecule is c1ccc(-c2ccc(N(c3cc(-c4nc(-c5ccccc5)nc(-c5ccccc5)n4)c4c(c3)sc3ccccc34)c3cccc4c3oc3ccccc34)cc2)cc1. The first-order chi connectivity index (χ1) is 28.2. The summed E-state index contributed by atoms with van der Waals surface area (Å²) >= 11 is 1.78. The van der Waals surface area contributed by atoms with Gasteiger partial charge in [0.05, 0.1) is 5.69 Å². The van der Waals surface area contributed by atoms with Crippen molar-refractivity contribution in [3.8, 4) is 45.3 Å². The van der Waals surface area contributed by atoms with Crippen LogP contribution in [0.5, 0.6) is 0 Å². The third-order valence-electron chi connectivity index (χ3n) is 10.5. The summed E-state index contributed by atoms with van der Waals surface area (Å²) in [6.45, 7) is 0. The van der Waals surface area contributed by atoms with Crippen LogP contribution in [0.3, 0.4) is 0 Å². The Bertz CT molecular complexity index is 3170. The maximum absolute atomic E-state index is 6.71. The highest BCUT2D eigenvalue weighted by Gasteiger charge is 2.24. The first kappa shape index (κ1) is 33.0. The van der Waals surface area contributed by atoms with Crippen LogP contribution in [0.25, 0.3) is 87.4 Å². The molecule has 8 aromatic carbocycles. The minimum Gasteiger partial charge on any atom is -0.454 e. The van der Waals surface area contributed by atoms with E-state index >= 15 is 0 Å². The lowest BCUT2D eigenvalue weighted by molar-refractivity contribution is 0.669. The van der Waals surface area contributed by atoms with Gasteiger partial charge in [0.1, 0.15) is 5.58 Å². The summed E-state index contributed by atoms with van der Waals surface area (Å²) in [5.74, 6) is 1.86. The van der Waals surface area contributed by atoms with Gasteiger partial charge in [0.2, 0.25) is 0 Å². The summed E-state index contributed by atoms with van der Waals surface area (Å²) in [5.41, 5.74) is 9.68. The Morgan fingerprint density at radius 1 is 0.404 bits per heavy atom.